The number of H-pyrrole nitrogens is 1. The summed E-state index contributed by atoms with van der Waals surface area (Å²) in [4.78, 5) is 15.6. The number of thioether (sulfide) groups is 1. The van der Waals surface area contributed by atoms with E-state index in [0.717, 1.165) is 12.4 Å². The van der Waals surface area contributed by atoms with Crippen LogP contribution in [0.3, 0.4) is 0 Å². The van der Waals surface area contributed by atoms with E-state index in [1.807, 2.05) is 11.8 Å². The first-order chi connectivity index (χ1) is 9.22. The molecule has 1 aliphatic rings. The molecule has 0 aliphatic heterocycles. The molecule has 0 saturated heterocycles. The van der Waals surface area contributed by atoms with Crippen LogP contribution in [0.15, 0.2) is 17.2 Å². The molecular weight excluding hydrogens is 262 g/mol. The van der Waals surface area contributed by atoms with Crippen LogP contribution in [-0.4, -0.2) is 37.1 Å². The molecular formula is C12H17N5OS. The fourth-order valence-corrected chi connectivity index (χ4v) is 3.54. The fraction of sp³-hybridized carbons (Fsp3) is 0.583. The second kappa shape index (κ2) is 4.88. The van der Waals surface area contributed by atoms with Crippen LogP contribution in [0.4, 0.5) is 5.82 Å². The van der Waals surface area contributed by atoms with Crippen LogP contribution >= 0.6 is 11.8 Å². The summed E-state index contributed by atoms with van der Waals surface area (Å²) < 4.78 is 1.73. The summed E-state index contributed by atoms with van der Waals surface area (Å²) >= 11 is 1.94. The molecule has 0 atom stereocenters. The van der Waals surface area contributed by atoms with Gasteiger partial charge in [0.25, 0.3) is 0 Å². The number of hydrogen-bond donors (Lipinski definition) is 2. The lowest BCUT2D eigenvalue weighted by Gasteiger charge is -2.27. The Morgan fingerprint density at radius 3 is 3.05 bits per heavy atom. The van der Waals surface area contributed by atoms with Crippen molar-refractivity contribution in [2.24, 2.45) is 0 Å². The zero-order valence-electron chi connectivity index (χ0n) is 10.8. The maximum absolute atomic E-state index is 11.3. The molecule has 1 aliphatic carbocycles. The largest absolute Gasteiger partial charge is 0.369 e. The van der Waals surface area contributed by atoms with E-state index in [0.29, 0.717) is 10.4 Å². The van der Waals surface area contributed by atoms with Crippen LogP contribution < -0.4 is 11.0 Å². The molecule has 1 saturated carbocycles. The third-order valence-electron chi connectivity index (χ3n) is 3.85. The van der Waals surface area contributed by atoms with Crippen molar-refractivity contribution < 1.29 is 0 Å². The molecule has 1 fully saturated rings. The zero-order valence-corrected chi connectivity index (χ0v) is 11.7. The quantitative estimate of drug-likeness (QED) is 0.887. The molecule has 7 heteroatoms. The Labute approximate surface area is 115 Å². The highest BCUT2D eigenvalue weighted by atomic mass is 32.2. The molecule has 0 radical (unpaired) electrons. The van der Waals surface area contributed by atoms with Gasteiger partial charge in [0.2, 0.25) is 0 Å². The summed E-state index contributed by atoms with van der Waals surface area (Å²) in [5, 5.41) is 9.72. The molecule has 2 heterocycles. The molecule has 0 bridgehead atoms. The Morgan fingerprint density at radius 1 is 1.53 bits per heavy atom. The molecule has 0 aromatic carbocycles. The van der Waals surface area contributed by atoms with Crippen molar-refractivity contribution in [3.63, 3.8) is 0 Å². The number of fused-ring (bicyclic) bond motifs is 1. The number of hydrogen-bond acceptors (Lipinski definition) is 5. The van der Waals surface area contributed by atoms with Gasteiger partial charge < -0.3 is 5.32 Å². The van der Waals surface area contributed by atoms with Crippen LogP contribution in [-0.2, 0) is 0 Å². The summed E-state index contributed by atoms with van der Waals surface area (Å²) in [6.45, 7) is 0.909. The first-order valence-electron chi connectivity index (χ1n) is 6.44. The highest BCUT2D eigenvalue weighted by Crippen LogP contribution is 2.40. The van der Waals surface area contributed by atoms with Crippen molar-refractivity contribution in [3.05, 3.63) is 22.9 Å². The van der Waals surface area contributed by atoms with E-state index in [9.17, 15) is 4.79 Å². The molecule has 2 N–H and O–H groups in total. The Hall–Kier alpha value is -1.50. The van der Waals surface area contributed by atoms with Crippen molar-refractivity contribution in [1.82, 2.24) is 19.6 Å². The van der Waals surface area contributed by atoms with E-state index >= 15 is 0 Å². The first-order valence-corrected chi connectivity index (χ1v) is 7.67. The van der Waals surface area contributed by atoms with Crippen molar-refractivity contribution in [2.45, 2.75) is 30.4 Å². The van der Waals surface area contributed by atoms with Crippen LogP contribution in [0.2, 0.25) is 0 Å². The second-order valence-corrected chi connectivity index (χ2v) is 6.25. The smallest absolute Gasteiger partial charge is 0.348 e. The topological polar surface area (TPSA) is 75.1 Å². The minimum atomic E-state index is -0.259. The van der Waals surface area contributed by atoms with E-state index < -0.39 is 0 Å². The summed E-state index contributed by atoms with van der Waals surface area (Å²) in [6, 6.07) is 1.79. The van der Waals surface area contributed by atoms with Crippen molar-refractivity contribution >= 4 is 23.2 Å². The van der Waals surface area contributed by atoms with Gasteiger partial charge in [0, 0.05) is 17.4 Å². The van der Waals surface area contributed by atoms with Gasteiger partial charge in [0.15, 0.2) is 5.65 Å². The summed E-state index contributed by atoms with van der Waals surface area (Å²) in [6.07, 6.45) is 8.81. The van der Waals surface area contributed by atoms with Gasteiger partial charge in [0.1, 0.15) is 12.1 Å². The van der Waals surface area contributed by atoms with E-state index in [1.54, 1.807) is 6.07 Å². The number of aromatic nitrogens is 4. The standard InChI is InChI=1S/C12H17N5OS/c1-19-12(4-2-3-5-12)7-13-9-6-10-15-16-11(18)17(10)8-14-9/h6,8,13H,2-5,7H2,1H3,(H,16,18). The maximum atomic E-state index is 11.3. The molecule has 0 spiro atoms. The minimum absolute atomic E-state index is 0.259. The van der Waals surface area contributed by atoms with Crippen molar-refractivity contribution in [2.75, 3.05) is 18.1 Å². The Balaban J connectivity index is 1.76. The molecule has 0 amide bonds. The third-order valence-corrected chi connectivity index (χ3v) is 5.27. The normalized spacial score (nSPS) is 17.9. The van der Waals surface area contributed by atoms with Gasteiger partial charge in [-0.25, -0.2) is 19.3 Å². The number of anilines is 1. The third kappa shape index (κ3) is 2.34. The number of nitrogens with one attached hydrogen (secondary N) is 2. The molecule has 2 aromatic rings. The van der Waals surface area contributed by atoms with E-state index in [-0.39, 0.29) is 5.69 Å². The number of aromatic amines is 1. The maximum Gasteiger partial charge on any atom is 0.348 e. The summed E-state index contributed by atoms with van der Waals surface area (Å²) in [7, 11) is 0. The highest BCUT2D eigenvalue weighted by molar-refractivity contribution is 8.00. The fourth-order valence-electron chi connectivity index (χ4n) is 2.63. The number of nitrogens with zero attached hydrogens (tertiary/aromatic N) is 3. The van der Waals surface area contributed by atoms with Crippen LogP contribution in [0, 0.1) is 0 Å². The SMILES string of the molecule is CSC1(CNc2cc3n[nH]c(=O)n3cn2)CCCC1. The van der Waals surface area contributed by atoms with Gasteiger partial charge in [-0.1, -0.05) is 12.8 Å². The van der Waals surface area contributed by atoms with Gasteiger partial charge in [-0.3, -0.25) is 0 Å². The Kier molecular flexibility index (Phi) is 3.22. The van der Waals surface area contributed by atoms with Gasteiger partial charge in [-0.2, -0.15) is 16.9 Å². The lowest BCUT2D eigenvalue weighted by atomic mass is 10.1. The van der Waals surface area contributed by atoms with Gasteiger partial charge in [0.05, 0.1) is 0 Å². The molecule has 2 aromatic heterocycles. The van der Waals surface area contributed by atoms with Crippen LogP contribution in [0.1, 0.15) is 25.7 Å². The molecule has 0 unspecified atom stereocenters. The van der Waals surface area contributed by atoms with E-state index in [2.05, 4.69) is 26.8 Å². The van der Waals surface area contributed by atoms with Gasteiger partial charge >= 0.3 is 5.69 Å². The minimum Gasteiger partial charge on any atom is -0.369 e. The molecule has 19 heavy (non-hydrogen) atoms. The average Bonchev–Trinajstić information content (AvgIpc) is 3.05. The Morgan fingerprint density at radius 2 is 2.32 bits per heavy atom. The van der Waals surface area contributed by atoms with Crippen LogP contribution in [0.25, 0.3) is 5.65 Å². The van der Waals surface area contributed by atoms with Crippen LogP contribution in [0.5, 0.6) is 0 Å². The number of rotatable bonds is 4. The second-order valence-electron chi connectivity index (χ2n) is 4.98. The summed E-state index contributed by atoms with van der Waals surface area (Å²) in [5.41, 5.74) is 0.331. The van der Waals surface area contributed by atoms with Crippen molar-refractivity contribution in [1.29, 1.82) is 0 Å². The Bertz CT molecular complexity index is 628. The predicted molar refractivity (Wildman–Crippen MR) is 76.8 cm³/mol. The molecule has 3 rings (SSSR count). The van der Waals surface area contributed by atoms with E-state index in [4.69, 9.17) is 0 Å². The average molecular weight is 279 g/mol. The molecule has 102 valence electrons. The lowest BCUT2D eigenvalue weighted by Crippen LogP contribution is -2.30. The lowest BCUT2D eigenvalue weighted by molar-refractivity contribution is 0.638. The van der Waals surface area contributed by atoms with Gasteiger partial charge in [-0.15, -0.1) is 0 Å². The predicted octanol–water partition coefficient (Wildman–Crippen LogP) is 1.51. The van der Waals surface area contributed by atoms with Crippen molar-refractivity contribution in [3.8, 4) is 0 Å². The highest BCUT2D eigenvalue weighted by Gasteiger charge is 2.32. The monoisotopic (exact) mass is 279 g/mol. The zero-order chi connectivity index (χ0) is 13.3. The van der Waals surface area contributed by atoms with Gasteiger partial charge in [-0.05, 0) is 19.1 Å². The summed E-state index contributed by atoms with van der Waals surface area (Å²) in [5.74, 6) is 0.770. The van der Waals surface area contributed by atoms with E-state index in [1.165, 1.54) is 36.4 Å². The molecule has 6 nitrogen and oxygen atoms in total. The first kappa shape index (κ1) is 12.5.